The Bertz CT molecular complexity index is 683. The Morgan fingerprint density at radius 3 is 2.78 bits per heavy atom. The van der Waals surface area contributed by atoms with Crippen LogP contribution in [0.25, 0.3) is 0 Å². The van der Waals surface area contributed by atoms with Crippen molar-refractivity contribution >= 4 is 5.91 Å². The minimum atomic E-state index is -0.174. The summed E-state index contributed by atoms with van der Waals surface area (Å²) >= 11 is 0. The Labute approximate surface area is 137 Å². The highest BCUT2D eigenvalue weighted by Gasteiger charge is 2.29. The van der Waals surface area contributed by atoms with Crippen LogP contribution < -0.4 is 5.32 Å². The van der Waals surface area contributed by atoms with E-state index < -0.39 is 0 Å². The maximum absolute atomic E-state index is 12.6. The first-order valence-electron chi connectivity index (χ1n) is 8.12. The fourth-order valence-corrected chi connectivity index (χ4v) is 3.18. The number of carbonyl (C=O) groups is 1. The van der Waals surface area contributed by atoms with Crippen molar-refractivity contribution in [1.82, 2.24) is 10.2 Å². The number of phenolic OH excluding ortho intramolecular Hbond substituents is 1. The summed E-state index contributed by atoms with van der Waals surface area (Å²) in [4.78, 5) is 14.8. The lowest BCUT2D eigenvalue weighted by Crippen LogP contribution is -2.39. The lowest BCUT2D eigenvalue weighted by Gasteiger charge is -2.35. The van der Waals surface area contributed by atoms with Gasteiger partial charge in [0.05, 0.1) is 5.92 Å². The molecule has 1 aromatic carbocycles. The van der Waals surface area contributed by atoms with Crippen LogP contribution in [0, 0.1) is 0 Å². The fraction of sp³-hybridized carbons (Fsp3) is 0.421. The van der Waals surface area contributed by atoms with Gasteiger partial charge in [-0.05, 0) is 69.0 Å². The number of phenols is 1. The zero-order chi connectivity index (χ0) is 16.6. The minimum Gasteiger partial charge on any atom is -0.508 e. The average Bonchev–Trinajstić information content (AvgIpc) is 2.90. The summed E-state index contributed by atoms with van der Waals surface area (Å²) in [5, 5.41) is 12.7. The average molecular weight is 312 g/mol. The molecule has 4 nitrogen and oxygen atoms in total. The van der Waals surface area contributed by atoms with E-state index in [4.69, 9.17) is 0 Å². The summed E-state index contributed by atoms with van der Waals surface area (Å²) < 4.78 is 0. The maximum atomic E-state index is 12.6. The quantitative estimate of drug-likeness (QED) is 0.882. The minimum absolute atomic E-state index is 0.00876. The van der Waals surface area contributed by atoms with Gasteiger partial charge in [-0.25, -0.2) is 0 Å². The highest BCUT2D eigenvalue weighted by molar-refractivity contribution is 5.86. The molecule has 1 aliphatic heterocycles. The number of allylic oxidation sites excluding steroid dienone is 1. The molecule has 122 valence electrons. The number of rotatable bonds is 2. The first kappa shape index (κ1) is 15.7. The molecule has 1 atom stereocenters. The fourth-order valence-electron chi connectivity index (χ4n) is 3.18. The molecule has 2 aliphatic rings. The molecule has 4 heteroatoms. The van der Waals surface area contributed by atoms with E-state index in [2.05, 4.69) is 31.0 Å². The van der Waals surface area contributed by atoms with E-state index in [1.807, 2.05) is 24.4 Å². The number of aromatic hydroxyl groups is 1. The largest absolute Gasteiger partial charge is 0.508 e. The number of nitrogens with one attached hydrogen (secondary N) is 1. The van der Waals surface area contributed by atoms with Gasteiger partial charge in [0.2, 0.25) is 5.91 Å². The van der Waals surface area contributed by atoms with E-state index in [-0.39, 0.29) is 23.1 Å². The molecule has 1 aromatic rings. The molecule has 1 amide bonds. The van der Waals surface area contributed by atoms with Gasteiger partial charge in [-0.1, -0.05) is 6.07 Å². The van der Waals surface area contributed by atoms with Gasteiger partial charge in [0.15, 0.2) is 0 Å². The third-order valence-corrected chi connectivity index (χ3v) is 4.59. The second-order valence-corrected chi connectivity index (χ2v) is 7.26. The molecule has 0 fully saturated rings. The molecule has 2 N–H and O–H groups in total. The van der Waals surface area contributed by atoms with Crippen LogP contribution >= 0.6 is 0 Å². The summed E-state index contributed by atoms with van der Waals surface area (Å²) in [6.07, 6.45) is 7.71. The van der Waals surface area contributed by atoms with E-state index in [1.54, 1.807) is 12.1 Å². The van der Waals surface area contributed by atoms with Crippen LogP contribution in [-0.4, -0.2) is 28.0 Å². The summed E-state index contributed by atoms with van der Waals surface area (Å²) in [7, 11) is 0. The van der Waals surface area contributed by atoms with E-state index in [0.717, 1.165) is 36.2 Å². The molecule has 0 bridgehead atoms. The number of aryl methyl sites for hydroxylation is 1. The standard InChI is InChI=1S/C19H24N2O2/c1-19(2,3)21-10-8-14(9-11-21)20-18(23)16-7-5-13-4-6-15(22)12-17(13)16/h4,6,8-10,12,16,22H,5,7,11H2,1-3H3,(H,20,23). The number of nitrogens with zero attached hydrogens (tertiary/aromatic N) is 1. The Kier molecular flexibility index (Phi) is 3.92. The van der Waals surface area contributed by atoms with Crippen molar-refractivity contribution in [3.8, 4) is 5.75 Å². The van der Waals surface area contributed by atoms with E-state index in [9.17, 15) is 9.90 Å². The van der Waals surface area contributed by atoms with E-state index in [0.29, 0.717) is 0 Å². The van der Waals surface area contributed by atoms with Crippen LogP contribution in [0.15, 0.2) is 42.2 Å². The maximum Gasteiger partial charge on any atom is 0.231 e. The number of fused-ring (bicyclic) bond motifs is 1. The summed E-state index contributed by atoms with van der Waals surface area (Å²) in [6, 6.07) is 5.32. The van der Waals surface area contributed by atoms with Crippen LogP contribution in [0.1, 0.15) is 44.2 Å². The van der Waals surface area contributed by atoms with Gasteiger partial charge in [-0.15, -0.1) is 0 Å². The van der Waals surface area contributed by atoms with Crippen molar-refractivity contribution in [2.45, 2.75) is 45.1 Å². The van der Waals surface area contributed by atoms with Crippen LogP contribution in [0.5, 0.6) is 5.75 Å². The smallest absolute Gasteiger partial charge is 0.231 e. The Balaban J connectivity index is 1.67. The highest BCUT2D eigenvalue weighted by Crippen LogP contribution is 2.35. The molecule has 0 radical (unpaired) electrons. The van der Waals surface area contributed by atoms with Crippen molar-refractivity contribution in [1.29, 1.82) is 0 Å². The predicted octanol–water partition coefficient (Wildman–Crippen LogP) is 3.05. The third-order valence-electron chi connectivity index (χ3n) is 4.59. The second-order valence-electron chi connectivity index (χ2n) is 7.26. The molecule has 1 heterocycles. The molecular weight excluding hydrogens is 288 g/mol. The van der Waals surface area contributed by atoms with Gasteiger partial charge in [0, 0.05) is 24.0 Å². The summed E-state index contributed by atoms with van der Waals surface area (Å²) in [5.74, 6) is 0.0579. The molecule has 1 unspecified atom stereocenters. The number of amides is 1. The van der Waals surface area contributed by atoms with Crippen LogP contribution in [0.4, 0.5) is 0 Å². The summed E-state index contributed by atoms with van der Waals surface area (Å²) in [5.41, 5.74) is 3.04. The van der Waals surface area contributed by atoms with Gasteiger partial charge >= 0.3 is 0 Å². The first-order chi connectivity index (χ1) is 10.8. The van der Waals surface area contributed by atoms with Gasteiger partial charge in [-0.2, -0.15) is 0 Å². The van der Waals surface area contributed by atoms with Crippen molar-refractivity contribution in [3.63, 3.8) is 0 Å². The summed E-state index contributed by atoms with van der Waals surface area (Å²) in [6.45, 7) is 7.28. The molecule has 0 saturated heterocycles. The topological polar surface area (TPSA) is 52.6 Å². The van der Waals surface area contributed by atoms with Gasteiger partial charge < -0.3 is 15.3 Å². The highest BCUT2D eigenvalue weighted by atomic mass is 16.3. The Morgan fingerprint density at radius 1 is 1.35 bits per heavy atom. The molecule has 0 spiro atoms. The zero-order valence-corrected chi connectivity index (χ0v) is 14.0. The first-order valence-corrected chi connectivity index (χ1v) is 8.12. The van der Waals surface area contributed by atoms with Crippen LogP contribution in [-0.2, 0) is 11.2 Å². The number of hydrogen-bond donors (Lipinski definition) is 2. The zero-order valence-electron chi connectivity index (χ0n) is 14.0. The monoisotopic (exact) mass is 312 g/mol. The number of benzene rings is 1. The number of carbonyl (C=O) groups excluding carboxylic acids is 1. The molecule has 1 aliphatic carbocycles. The van der Waals surface area contributed by atoms with E-state index in [1.165, 1.54) is 0 Å². The third kappa shape index (κ3) is 3.26. The van der Waals surface area contributed by atoms with Crippen molar-refractivity contribution < 1.29 is 9.90 Å². The molecule has 23 heavy (non-hydrogen) atoms. The van der Waals surface area contributed by atoms with Gasteiger partial charge in [0.1, 0.15) is 5.75 Å². The van der Waals surface area contributed by atoms with Crippen molar-refractivity contribution in [2.24, 2.45) is 0 Å². The van der Waals surface area contributed by atoms with Gasteiger partial charge in [-0.3, -0.25) is 4.79 Å². The van der Waals surface area contributed by atoms with E-state index >= 15 is 0 Å². The van der Waals surface area contributed by atoms with Crippen molar-refractivity contribution in [3.05, 3.63) is 53.4 Å². The normalized spacial score (nSPS) is 20.2. The van der Waals surface area contributed by atoms with Crippen LogP contribution in [0.2, 0.25) is 0 Å². The predicted molar refractivity (Wildman–Crippen MR) is 91.0 cm³/mol. The van der Waals surface area contributed by atoms with Gasteiger partial charge in [0.25, 0.3) is 0 Å². The lowest BCUT2D eigenvalue weighted by atomic mass is 10.00. The Morgan fingerprint density at radius 2 is 2.13 bits per heavy atom. The Hall–Kier alpha value is -2.23. The number of hydrogen-bond acceptors (Lipinski definition) is 3. The molecule has 3 rings (SSSR count). The molecular formula is C19H24N2O2. The second kappa shape index (κ2) is 5.76. The van der Waals surface area contributed by atoms with Crippen LogP contribution in [0.3, 0.4) is 0 Å². The van der Waals surface area contributed by atoms with Crippen molar-refractivity contribution in [2.75, 3.05) is 6.54 Å². The SMILES string of the molecule is CC(C)(C)N1C=CC(NC(=O)C2CCc3ccc(O)cc32)=CC1. The molecule has 0 aromatic heterocycles. The molecule has 0 saturated carbocycles. The lowest BCUT2D eigenvalue weighted by molar-refractivity contribution is -0.121.